The third-order valence-corrected chi connectivity index (χ3v) is 3.30. The molecule has 100 valence electrons. The molecule has 0 aliphatic heterocycles. The first kappa shape index (κ1) is 13.8. The van der Waals surface area contributed by atoms with Gasteiger partial charge in [-0.15, -0.1) is 0 Å². The lowest BCUT2D eigenvalue weighted by atomic mass is 9.97. The Balaban J connectivity index is 2.29. The monoisotopic (exact) mass is 256 g/mol. The summed E-state index contributed by atoms with van der Waals surface area (Å²) in [6.07, 6.45) is -0.0159. The van der Waals surface area contributed by atoms with Crippen molar-refractivity contribution < 1.29 is 9.47 Å². The van der Waals surface area contributed by atoms with Crippen LogP contribution in [0.1, 0.15) is 28.4 Å². The van der Waals surface area contributed by atoms with E-state index in [2.05, 4.69) is 43.3 Å². The number of rotatable bonds is 5. The van der Waals surface area contributed by atoms with E-state index in [1.54, 1.807) is 14.2 Å². The molecule has 0 fully saturated rings. The second-order valence-corrected chi connectivity index (χ2v) is 4.65. The van der Waals surface area contributed by atoms with Gasteiger partial charge in [-0.2, -0.15) is 0 Å². The zero-order chi connectivity index (χ0) is 13.7. The molecule has 0 spiro atoms. The summed E-state index contributed by atoms with van der Waals surface area (Å²) in [5.74, 6) is 0. The van der Waals surface area contributed by atoms with Gasteiger partial charge in [0.25, 0.3) is 0 Å². The van der Waals surface area contributed by atoms with E-state index in [9.17, 15) is 0 Å². The van der Waals surface area contributed by atoms with Crippen LogP contribution in [0.4, 0.5) is 0 Å². The van der Waals surface area contributed by atoms with E-state index < -0.39 is 0 Å². The smallest absolute Gasteiger partial charge is 0.107 e. The summed E-state index contributed by atoms with van der Waals surface area (Å²) in [5.41, 5.74) is 4.79. The van der Waals surface area contributed by atoms with Gasteiger partial charge in [-0.3, -0.25) is 0 Å². The predicted molar refractivity (Wildman–Crippen MR) is 77.2 cm³/mol. The molecular formula is C17H20O2. The summed E-state index contributed by atoms with van der Waals surface area (Å²) in [6.45, 7) is 2.75. The van der Waals surface area contributed by atoms with Crippen LogP contribution in [-0.4, -0.2) is 14.2 Å². The molecule has 2 nitrogen and oxygen atoms in total. The van der Waals surface area contributed by atoms with Crippen LogP contribution in [0.3, 0.4) is 0 Å². The van der Waals surface area contributed by atoms with Crippen LogP contribution in [0.25, 0.3) is 0 Å². The molecule has 0 aliphatic carbocycles. The van der Waals surface area contributed by atoms with Gasteiger partial charge in [0.2, 0.25) is 0 Å². The topological polar surface area (TPSA) is 18.5 Å². The highest BCUT2D eigenvalue weighted by Crippen LogP contribution is 2.27. The van der Waals surface area contributed by atoms with Crippen LogP contribution in [-0.2, 0) is 16.1 Å². The van der Waals surface area contributed by atoms with Gasteiger partial charge < -0.3 is 9.47 Å². The van der Waals surface area contributed by atoms with Crippen molar-refractivity contribution in [2.24, 2.45) is 0 Å². The summed E-state index contributed by atoms with van der Waals surface area (Å²) in [7, 11) is 3.46. The standard InChI is InChI=1S/C17H20O2/c1-13-6-4-5-7-16(13)17(19-3)15-10-8-14(9-11-15)12-18-2/h4-11,17H,12H2,1-3H3. The lowest BCUT2D eigenvalue weighted by Gasteiger charge is -2.18. The Morgan fingerprint density at radius 3 is 2.21 bits per heavy atom. The van der Waals surface area contributed by atoms with Crippen molar-refractivity contribution >= 4 is 0 Å². The summed E-state index contributed by atoms with van der Waals surface area (Å²) < 4.78 is 10.8. The number of aryl methyl sites for hydroxylation is 1. The van der Waals surface area contributed by atoms with Crippen LogP contribution >= 0.6 is 0 Å². The first-order valence-electron chi connectivity index (χ1n) is 6.42. The maximum Gasteiger partial charge on any atom is 0.107 e. The second kappa shape index (κ2) is 6.50. The summed E-state index contributed by atoms with van der Waals surface area (Å²) in [5, 5.41) is 0. The van der Waals surface area contributed by atoms with Crippen LogP contribution in [0.15, 0.2) is 48.5 Å². The van der Waals surface area contributed by atoms with Gasteiger partial charge in [0.05, 0.1) is 6.61 Å². The van der Waals surface area contributed by atoms with E-state index in [1.165, 1.54) is 16.7 Å². The Kier molecular flexibility index (Phi) is 4.72. The molecule has 0 bridgehead atoms. The Morgan fingerprint density at radius 2 is 1.63 bits per heavy atom. The van der Waals surface area contributed by atoms with Crippen LogP contribution in [0, 0.1) is 6.92 Å². The molecule has 0 radical (unpaired) electrons. The Labute approximate surface area is 115 Å². The first-order chi connectivity index (χ1) is 9.26. The van der Waals surface area contributed by atoms with Gasteiger partial charge in [-0.05, 0) is 29.2 Å². The Morgan fingerprint density at radius 1 is 0.947 bits per heavy atom. The molecule has 0 saturated heterocycles. The molecule has 2 heteroatoms. The van der Waals surface area contributed by atoms with Crippen molar-refractivity contribution in [3.8, 4) is 0 Å². The molecule has 2 aromatic rings. The number of hydrogen-bond donors (Lipinski definition) is 0. The SMILES string of the molecule is COCc1ccc(C(OC)c2ccccc2C)cc1. The fourth-order valence-corrected chi connectivity index (χ4v) is 2.28. The quantitative estimate of drug-likeness (QED) is 0.808. The van der Waals surface area contributed by atoms with Crippen molar-refractivity contribution in [1.29, 1.82) is 0 Å². The van der Waals surface area contributed by atoms with Crippen molar-refractivity contribution in [2.45, 2.75) is 19.6 Å². The fraction of sp³-hybridized carbons (Fsp3) is 0.294. The van der Waals surface area contributed by atoms with Gasteiger partial charge in [-0.1, -0.05) is 48.5 Å². The normalized spacial score (nSPS) is 12.4. The first-order valence-corrected chi connectivity index (χ1v) is 6.42. The Bertz CT molecular complexity index is 517. The number of methoxy groups -OCH3 is 2. The highest BCUT2D eigenvalue weighted by Gasteiger charge is 2.14. The zero-order valence-corrected chi connectivity index (χ0v) is 11.7. The highest BCUT2D eigenvalue weighted by molar-refractivity contribution is 5.36. The highest BCUT2D eigenvalue weighted by atomic mass is 16.5. The maximum absolute atomic E-state index is 5.67. The molecule has 0 saturated carbocycles. The lowest BCUT2D eigenvalue weighted by Crippen LogP contribution is -2.05. The van der Waals surface area contributed by atoms with Crippen molar-refractivity contribution in [1.82, 2.24) is 0 Å². The minimum Gasteiger partial charge on any atom is -0.380 e. The van der Waals surface area contributed by atoms with Crippen LogP contribution < -0.4 is 0 Å². The van der Waals surface area contributed by atoms with Crippen LogP contribution in [0.5, 0.6) is 0 Å². The lowest BCUT2D eigenvalue weighted by molar-refractivity contribution is 0.136. The average molecular weight is 256 g/mol. The molecule has 1 atom stereocenters. The van der Waals surface area contributed by atoms with Crippen molar-refractivity contribution in [3.05, 3.63) is 70.8 Å². The molecule has 1 unspecified atom stereocenters. The molecule has 0 N–H and O–H groups in total. The number of ether oxygens (including phenoxy) is 2. The fourth-order valence-electron chi connectivity index (χ4n) is 2.28. The molecule has 19 heavy (non-hydrogen) atoms. The second-order valence-electron chi connectivity index (χ2n) is 4.65. The molecular weight excluding hydrogens is 236 g/mol. The predicted octanol–water partition coefficient (Wildman–Crippen LogP) is 3.88. The van der Waals surface area contributed by atoms with Gasteiger partial charge in [-0.25, -0.2) is 0 Å². The van der Waals surface area contributed by atoms with E-state index in [1.807, 2.05) is 12.1 Å². The Hall–Kier alpha value is -1.64. The van der Waals surface area contributed by atoms with Crippen LogP contribution in [0.2, 0.25) is 0 Å². The van der Waals surface area contributed by atoms with Crippen molar-refractivity contribution in [3.63, 3.8) is 0 Å². The largest absolute Gasteiger partial charge is 0.380 e. The molecule has 2 aromatic carbocycles. The molecule has 0 heterocycles. The molecule has 2 rings (SSSR count). The van der Waals surface area contributed by atoms with E-state index in [0.717, 1.165) is 5.56 Å². The third-order valence-electron chi connectivity index (χ3n) is 3.30. The maximum atomic E-state index is 5.67. The number of hydrogen-bond acceptors (Lipinski definition) is 2. The average Bonchev–Trinajstić information content (AvgIpc) is 2.44. The third kappa shape index (κ3) is 3.22. The molecule has 0 aliphatic rings. The van der Waals surface area contributed by atoms with E-state index in [0.29, 0.717) is 6.61 Å². The van der Waals surface area contributed by atoms with Crippen molar-refractivity contribution in [2.75, 3.05) is 14.2 Å². The number of benzene rings is 2. The van der Waals surface area contributed by atoms with E-state index in [-0.39, 0.29) is 6.10 Å². The minimum absolute atomic E-state index is 0.0159. The summed E-state index contributed by atoms with van der Waals surface area (Å²) >= 11 is 0. The molecule has 0 amide bonds. The molecule has 0 aromatic heterocycles. The zero-order valence-electron chi connectivity index (χ0n) is 11.7. The summed E-state index contributed by atoms with van der Waals surface area (Å²) in [4.78, 5) is 0. The van der Waals surface area contributed by atoms with Gasteiger partial charge in [0.1, 0.15) is 6.10 Å². The summed E-state index contributed by atoms with van der Waals surface area (Å²) in [6, 6.07) is 16.7. The van der Waals surface area contributed by atoms with Gasteiger partial charge in [0.15, 0.2) is 0 Å². The van der Waals surface area contributed by atoms with E-state index in [4.69, 9.17) is 9.47 Å². The van der Waals surface area contributed by atoms with Gasteiger partial charge in [0, 0.05) is 14.2 Å². The van der Waals surface area contributed by atoms with Gasteiger partial charge >= 0.3 is 0 Å². The minimum atomic E-state index is -0.0159. The van der Waals surface area contributed by atoms with E-state index >= 15 is 0 Å².